The zero-order valence-corrected chi connectivity index (χ0v) is 12.4. The lowest BCUT2D eigenvalue weighted by molar-refractivity contribution is -0.161. The number of carbonyl (C=O) groups excluding carboxylic acids is 1. The third kappa shape index (κ3) is 3.93. The average Bonchev–Trinajstić information content (AvgIpc) is 2.85. The number of esters is 1. The van der Waals surface area contributed by atoms with E-state index in [0.717, 1.165) is 45.1 Å². The van der Waals surface area contributed by atoms with Gasteiger partial charge in [-0.15, -0.1) is 0 Å². The first-order valence-corrected chi connectivity index (χ1v) is 7.48. The van der Waals surface area contributed by atoms with E-state index in [-0.39, 0.29) is 12.0 Å². The Labute approximate surface area is 116 Å². The molecule has 0 bridgehead atoms. The van der Waals surface area contributed by atoms with Crippen molar-refractivity contribution in [1.82, 2.24) is 4.90 Å². The number of rotatable bonds is 3. The van der Waals surface area contributed by atoms with Crippen LogP contribution in [0.5, 0.6) is 0 Å². The van der Waals surface area contributed by atoms with Gasteiger partial charge in [-0.2, -0.15) is 0 Å². The molecule has 0 radical (unpaired) electrons. The molecule has 2 fully saturated rings. The highest BCUT2D eigenvalue weighted by Crippen LogP contribution is 2.32. The first-order chi connectivity index (χ1) is 8.79. The van der Waals surface area contributed by atoms with E-state index < -0.39 is 11.2 Å². The predicted molar refractivity (Wildman–Crippen MR) is 73.9 cm³/mol. The first kappa shape index (κ1) is 14.8. The van der Waals surface area contributed by atoms with Gasteiger partial charge in [-0.3, -0.25) is 9.69 Å². The van der Waals surface area contributed by atoms with Crippen LogP contribution in [0, 0.1) is 0 Å². The highest BCUT2D eigenvalue weighted by molar-refractivity contribution is 5.76. The summed E-state index contributed by atoms with van der Waals surface area (Å²) in [6, 6.07) is -0.163. The van der Waals surface area contributed by atoms with Gasteiger partial charge in [0.2, 0.25) is 0 Å². The number of β-amino-alcohol motifs (C(OH)–C–C–N with tert-alkyl or cyclic N) is 1. The first-order valence-electron chi connectivity index (χ1n) is 7.48. The van der Waals surface area contributed by atoms with Crippen LogP contribution in [0.15, 0.2) is 0 Å². The molecule has 0 aromatic carbocycles. The normalized spacial score (nSPS) is 27.7. The van der Waals surface area contributed by atoms with Gasteiger partial charge < -0.3 is 9.84 Å². The summed E-state index contributed by atoms with van der Waals surface area (Å²) in [5, 5.41) is 10.5. The van der Waals surface area contributed by atoms with E-state index in [4.69, 9.17) is 4.74 Å². The fourth-order valence-corrected chi connectivity index (χ4v) is 3.22. The number of likely N-dealkylation sites (tertiary alicyclic amines) is 1. The van der Waals surface area contributed by atoms with E-state index in [1.807, 2.05) is 20.8 Å². The Morgan fingerprint density at radius 1 is 1.32 bits per heavy atom. The van der Waals surface area contributed by atoms with Gasteiger partial charge in [-0.05, 0) is 53.0 Å². The monoisotopic (exact) mass is 269 g/mol. The molecule has 1 heterocycles. The largest absolute Gasteiger partial charge is 0.459 e. The maximum absolute atomic E-state index is 12.2. The Hall–Kier alpha value is -0.610. The summed E-state index contributed by atoms with van der Waals surface area (Å²) < 4.78 is 5.49. The molecule has 4 nitrogen and oxygen atoms in total. The molecule has 1 atom stereocenters. The van der Waals surface area contributed by atoms with Crippen LogP contribution in [-0.4, -0.2) is 46.3 Å². The van der Waals surface area contributed by atoms with E-state index >= 15 is 0 Å². The van der Waals surface area contributed by atoms with Crippen molar-refractivity contribution in [2.75, 3.05) is 13.1 Å². The van der Waals surface area contributed by atoms with Gasteiger partial charge in [0.15, 0.2) is 0 Å². The van der Waals surface area contributed by atoms with E-state index in [1.165, 1.54) is 0 Å². The van der Waals surface area contributed by atoms with Crippen LogP contribution in [0.1, 0.15) is 59.3 Å². The Morgan fingerprint density at radius 3 is 2.53 bits per heavy atom. The van der Waals surface area contributed by atoms with Gasteiger partial charge in [0.05, 0.1) is 5.60 Å². The topological polar surface area (TPSA) is 49.8 Å². The van der Waals surface area contributed by atoms with E-state index in [2.05, 4.69) is 4.90 Å². The summed E-state index contributed by atoms with van der Waals surface area (Å²) in [6.07, 6.45) is 5.79. The van der Waals surface area contributed by atoms with Crippen molar-refractivity contribution in [2.45, 2.75) is 76.5 Å². The Bertz CT molecular complexity index is 329. The van der Waals surface area contributed by atoms with Gasteiger partial charge >= 0.3 is 5.97 Å². The molecule has 0 aromatic heterocycles. The molecule has 1 saturated carbocycles. The van der Waals surface area contributed by atoms with Gasteiger partial charge in [0.25, 0.3) is 0 Å². The molecule has 0 aromatic rings. The van der Waals surface area contributed by atoms with Crippen LogP contribution in [0.25, 0.3) is 0 Å². The minimum absolute atomic E-state index is 0.133. The van der Waals surface area contributed by atoms with Gasteiger partial charge in [-0.1, -0.05) is 12.8 Å². The van der Waals surface area contributed by atoms with Gasteiger partial charge in [0.1, 0.15) is 11.6 Å². The molecule has 2 rings (SSSR count). The van der Waals surface area contributed by atoms with Crippen molar-refractivity contribution >= 4 is 5.97 Å². The summed E-state index contributed by atoms with van der Waals surface area (Å²) >= 11 is 0. The van der Waals surface area contributed by atoms with Crippen LogP contribution in [0.3, 0.4) is 0 Å². The number of carbonyl (C=O) groups is 1. The standard InChI is InChI=1S/C15H27NO3/c1-14(2,3)19-13(17)12-7-6-10-16(12)11-15(18)8-4-5-9-15/h12,18H,4-11H2,1-3H3/t12-/m0/s1. The van der Waals surface area contributed by atoms with Crippen LogP contribution < -0.4 is 0 Å². The number of hydrogen-bond donors (Lipinski definition) is 1. The molecule has 1 saturated heterocycles. The smallest absolute Gasteiger partial charge is 0.323 e. The summed E-state index contributed by atoms with van der Waals surface area (Å²) in [4.78, 5) is 14.3. The molecular formula is C15H27NO3. The summed E-state index contributed by atoms with van der Waals surface area (Å²) in [5.41, 5.74) is -1.01. The number of ether oxygens (including phenoxy) is 1. The minimum Gasteiger partial charge on any atom is -0.459 e. The molecule has 4 heteroatoms. The van der Waals surface area contributed by atoms with Crippen molar-refractivity contribution in [1.29, 1.82) is 0 Å². The van der Waals surface area contributed by atoms with Gasteiger partial charge in [0, 0.05) is 6.54 Å². The lowest BCUT2D eigenvalue weighted by Gasteiger charge is -2.32. The Kier molecular flexibility index (Phi) is 4.21. The zero-order valence-electron chi connectivity index (χ0n) is 12.4. The van der Waals surface area contributed by atoms with E-state index in [0.29, 0.717) is 6.54 Å². The van der Waals surface area contributed by atoms with Crippen LogP contribution in [0.4, 0.5) is 0 Å². The maximum atomic E-state index is 12.2. The second kappa shape index (κ2) is 5.41. The lowest BCUT2D eigenvalue weighted by atomic mass is 10.0. The second-order valence-corrected chi connectivity index (χ2v) is 7.09. The molecule has 19 heavy (non-hydrogen) atoms. The molecule has 0 unspecified atom stereocenters. The predicted octanol–water partition coefficient (Wildman–Crippen LogP) is 2.10. The summed E-state index contributed by atoms with van der Waals surface area (Å²) in [5.74, 6) is -0.133. The van der Waals surface area contributed by atoms with Crippen molar-refractivity contribution in [3.63, 3.8) is 0 Å². The molecule has 2 aliphatic rings. The Morgan fingerprint density at radius 2 is 1.95 bits per heavy atom. The highest BCUT2D eigenvalue weighted by atomic mass is 16.6. The van der Waals surface area contributed by atoms with Crippen molar-refractivity contribution < 1.29 is 14.6 Å². The number of hydrogen-bond acceptors (Lipinski definition) is 4. The van der Waals surface area contributed by atoms with Gasteiger partial charge in [-0.25, -0.2) is 0 Å². The SMILES string of the molecule is CC(C)(C)OC(=O)[C@@H]1CCCN1CC1(O)CCCC1. The molecule has 0 amide bonds. The molecule has 1 N–H and O–H groups in total. The summed E-state index contributed by atoms with van der Waals surface area (Å²) in [6.45, 7) is 7.21. The molecular weight excluding hydrogens is 242 g/mol. The number of aliphatic hydroxyl groups is 1. The fraction of sp³-hybridized carbons (Fsp3) is 0.933. The molecule has 1 aliphatic heterocycles. The van der Waals surface area contributed by atoms with Crippen molar-refractivity contribution in [3.05, 3.63) is 0 Å². The van der Waals surface area contributed by atoms with Crippen molar-refractivity contribution in [3.8, 4) is 0 Å². The molecule has 110 valence electrons. The lowest BCUT2D eigenvalue weighted by Crippen LogP contribution is -2.47. The molecule has 0 spiro atoms. The number of nitrogens with zero attached hydrogens (tertiary/aromatic N) is 1. The molecule has 1 aliphatic carbocycles. The Balaban J connectivity index is 1.95. The van der Waals surface area contributed by atoms with E-state index in [1.54, 1.807) is 0 Å². The zero-order chi connectivity index (χ0) is 14.1. The summed E-state index contributed by atoms with van der Waals surface area (Å²) in [7, 11) is 0. The second-order valence-electron chi connectivity index (χ2n) is 7.09. The third-order valence-corrected chi connectivity index (χ3v) is 4.07. The quantitative estimate of drug-likeness (QED) is 0.797. The third-order valence-electron chi connectivity index (χ3n) is 4.07. The van der Waals surface area contributed by atoms with Crippen LogP contribution in [-0.2, 0) is 9.53 Å². The minimum atomic E-state index is -0.579. The maximum Gasteiger partial charge on any atom is 0.323 e. The van der Waals surface area contributed by atoms with Crippen LogP contribution in [0.2, 0.25) is 0 Å². The van der Waals surface area contributed by atoms with Crippen LogP contribution >= 0.6 is 0 Å². The highest BCUT2D eigenvalue weighted by Gasteiger charge is 2.40. The van der Waals surface area contributed by atoms with E-state index in [9.17, 15) is 9.90 Å². The average molecular weight is 269 g/mol. The van der Waals surface area contributed by atoms with Crippen molar-refractivity contribution in [2.24, 2.45) is 0 Å². The fourth-order valence-electron chi connectivity index (χ4n) is 3.22.